The predicted molar refractivity (Wildman–Crippen MR) is 67.1 cm³/mol. The van der Waals surface area contributed by atoms with Crippen LogP contribution in [-0.2, 0) is 6.54 Å². The van der Waals surface area contributed by atoms with E-state index in [4.69, 9.17) is 5.73 Å². The summed E-state index contributed by atoms with van der Waals surface area (Å²) in [6.07, 6.45) is 5.39. The number of halogens is 1. The average Bonchev–Trinajstić information content (AvgIpc) is 2.74. The summed E-state index contributed by atoms with van der Waals surface area (Å²) >= 11 is 3.31. The van der Waals surface area contributed by atoms with E-state index in [0.717, 1.165) is 17.6 Å². The molecule has 0 aromatic carbocycles. The standard InChI is InChI=1S/C10H12BrN5/c11-8-6-9(12)10(14-7-8)13-3-5-16-4-1-2-15-16/h1-2,4,6-7H,3,5,12H2,(H,13,14). The Morgan fingerprint density at radius 1 is 1.50 bits per heavy atom. The fourth-order valence-electron chi connectivity index (χ4n) is 1.32. The third-order valence-corrected chi connectivity index (χ3v) is 2.51. The van der Waals surface area contributed by atoms with Gasteiger partial charge in [0.05, 0.1) is 12.2 Å². The van der Waals surface area contributed by atoms with Crippen molar-refractivity contribution in [1.29, 1.82) is 0 Å². The van der Waals surface area contributed by atoms with Gasteiger partial charge in [-0.3, -0.25) is 4.68 Å². The zero-order valence-corrected chi connectivity index (χ0v) is 10.2. The van der Waals surface area contributed by atoms with Crippen LogP contribution in [0.2, 0.25) is 0 Å². The Morgan fingerprint density at radius 2 is 2.38 bits per heavy atom. The van der Waals surface area contributed by atoms with E-state index in [1.165, 1.54) is 0 Å². The van der Waals surface area contributed by atoms with Crippen LogP contribution in [0.25, 0.3) is 0 Å². The van der Waals surface area contributed by atoms with Crippen LogP contribution < -0.4 is 11.1 Å². The first-order chi connectivity index (χ1) is 7.75. The lowest BCUT2D eigenvalue weighted by Gasteiger charge is -2.08. The van der Waals surface area contributed by atoms with Crippen molar-refractivity contribution >= 4 is 27.4 Å². The lowest BCUT2D eigenvalue weighted by Crippen LogP contribution is -2.12. The normalized spacial score (nSPS) is 10.3. The van der Waals surface area contributed by atoms with Crippen LogP contribution in [-0.4, -0.2) is 21.3 Å². The number of hydrogen-bond acceptors (Lipinski definition) is 4. The molecule has 5 nitrogen and oxygen atoms in total. The highest BCUT2D eigenvalue weighted by molar-refractivity contribution is 9.10. The Balaban J connectivity index is 1.90. The van der Waals surface area contributed by atoms with Gasteiger partial charge in [0.1, 0.15) is 5.82 Å². The van der Waals surface area contributed by atoms with Crippen LogP contribution in [0, 0.1) is 0 Å². The van der Waals surface area contributed by atoms with Gasteiger partial charge in [-0.05, 0) is 28.1 Å². The van der Waals surface area contributed by atoms with Gasteiger partial charge in [0.25, 0.3) is 0 Å². The number of nitrogens with two attached hydrogens (primary N) is 1. The van der Waals surface area contributed by atoms with E-state index < -0.39 is 0 Å². The van der Waals surface area contributed by atoms with Crippen molar-refractivity contribution in [1.82, 2.24) is 14.8 Å². The van der Waals surface area contributed by atoms with Crippen LogP contribution in [0.15, 0.2) is 35.2 Å². The number of aromatic nitrogens is 3. The lowest BCUT2D eigenvalue weighted by molar-refractivity contribution is 0.637. The zero-order valence-electron chi connectivity index (χ0n) is 8.60. The van der Waals surface area contributed by atoms with Crippen molar-refractivity contribution in [2.24, 2.45) is 0 Å². The summed E-state index contributed by atoms with van der Waals surface area (Å²) in [5.41, 5.74) is 6.44. The second kappa shape index (κ2) is 4.98. The van der Waals surface area contributed by atoms with Gasteiger partial charge in [0, 0.05) is 29.6 Å². The number of rotatable bonds is 4. The second-order valence-electron chi connectivity index (χ2n) is 3.29. The summed E-state index contributed by atoms with van der Waals surface area (Å²) in [5, 5.41) is 7.26. The number of nitrogens with zero attached hydrogens (tertiary/aromatic N) is 3. The van der Waals surface area contributed by atoms with Gasteiger partial charge < -0.3 is 11.1 Å². The van der Waals surface area contributed by atoms with E-state index in [2.05, 4.69) is 31.3 Å². The minimum absolute atomic E-state index is 0.634. The Labute approximate surface area is 102 Å². The number of pyridine rings is 1. The quantitative estimate of drug-likeness (QED) is 0.896. The smallest absolute Gasteiger partial charge is 0.149 e. The third kappa shape index (κ3) is 2.73. The maximum atomic E-state index is 5.80. The summed E-state index contributed by atoms with van der Waals surface area (Å²) in [5.74, 6) is 0.704. The molecular formula is C10H12BrN5. The maximum Gasteiger partial charge on any atom is 0.149 e. The molecule has 2 rings (SSSR count). The largest absolute Gasteiger partial charge is 0.396 e. The van der Waals surface area contributed by atoms with Gasteiger partial charge in [-0.25, -0.2) is 4.98 Å². The second-order valence-corrected chi connectivity index (χ2v) is 4.20. The summed E-state index contributed by atoms with van der Waals surface area (Å²) < 4.78 is 2.73. The molecule has 0 unspecified atom stereocenters. The summed E-state index contributed by atoms with van der Waals surface area (Å²) in [4.78, 5) is 4.18. The van der Waals surface area contributed by atoms with Crippen LogP contribution in [0.3, 0.4) is 0 Å². The molecule has 3 N–H and O–H groups in total. The van der Waals surface area contributed by atoms with Crippen molar-refractivity contribution in [3.63, 3.8) is 0 Å². The van der Waals surface area contributed by atoms with Gasteiger partial charge in [0.15, 0.2) is 0 Å². The van der Waals surface area contributed by atoms with Crippen molar-refractivity contribution in [3.8, 4) is 0 Å². The molecule has 0 fully saturated rings. The highest BCUT2D eigenvalue weighted by atomic mass is 79.9. The molecular weight excluding hydrogens is 270 g/mol. The minimum Gasteiger partial charge on any atom is -0.396 e. The van der Waals surface area contributed by atoms with Crippen molar-refractivity contribution in [3.05, 3.63) is 35.2 Å². The average molecular weight is 282 g/mol. The fourth-order valence-corrected chi connectivity index (χ4v) is 1.67. The molecule has 0 radical (unpaired) electrons. The molecule has 0 aliphatic rings. The van der Waals surface area contributed by atoms with Crippen LogP contribution in [0.4, 0.5) is 11.5 Å². The molecule has 0 spiro atoms. The molecule has 0 atom stereocenters. The van der Waals surface area contributed by atoms with Gasteiger partial charge in [-0.15, -0.1) is 0 Å². The van der Waals surface area contributed by atoms with E-state index in [-0.39, 0.29) is 0 Å². The van der Waals surface area contributed by atoms with Crippen molar-refractivity contribution < 1.29 is 0 Å². The summed E-state index contributed by atoms with van der Waals surface area (Å²) in [7, 11) is 0. The number of anilines is 2. The van der Waals surface area contributed by atoms with E-state index in [0.29, 0.717) is 11.5 Å². The first-order valence-corrected chi connectivity index (χ1v) is 5.67. The van der Waals surface area contributed by atoms with Crippen molar-refractivity contribution in [2.45, 2.75) is 6.54 Å². The lowest BCUT2D eigenvalue weighted by atomic mass is 10.4. The molecule has 2 aromatic heterocycles. The third-order valence-electron chi connectivity index (χ3n) is 2.08. The summed E-state index contributed by atoms with van der Waals surface area (Å²) in [6, 6.07) is 3.72. The molecule has 0 bridgehead atoms. The van der Waals surface area contributed by atoms with E-state index in [1.54, 1.807) is 12.4 Å². The molecule has 16 heavy (non-hydrogen) atoms. The SMILES string of the molecule is Nc1cc(Br)cnc1NCCn1cccn1. The minimum atomic E-state index is 0.634. The first kappa shape index (κ1) is 10.9. The fraction of sp³-hybridized carbons (Fsp3) is 0.200. The topological polar surface area (TPSA) is 68.8 Å². The van der Waals surface area contributed by atoms with Crippen molar-refractivity contribution in [2.75, 3.05) is 17.6 Å². The van der Waals surface area contributed by atoms with Gasteiger partial charge >= 0.3 is 0 Å². The van der Waals surface area contributed by atoms with Gasteiger partial charge in [-0.2, -0.15) is 5.10 Å². The van der Waals surface area contributed by atoms with E-state index >= 15 is 0 Å². The Morgan fingerprint density at radius 3 is 3.06 bits per heavy atom. The molecule has 6 heteroatoms. The molecule has 2 aromatic rings. The number of nitrogen functional groups attached to an aromatic ring is 1. The van der Waals surface area contributed by atoms with Crippen LogP contribution in [0.1, 0.15) is 0 Å². The monoisotopic (exact) mass is 281 g/mol. The maximum absolute atomic E-state index is 5.80. The molecule has 0 saturated carbocycles. The Hall–Kier alpha value is -1.56. The van der Waals surface area contributed by atoms with Gasteiger partial charge in [0.2, 0.25) is 0 Å². The zero-order chi connectivity index (χ0) is 11.4. The molecule has 2 heterocycles. The highest BCUT2D eigenvalue weighted by Crippen LogP contribution is 2.19. The molecule has 0 aliphatic heterocycles. The first-order valence-electron chi connectivity index (χ1n) is 4.88. The Bertz CT molecular complexity index is 454. The Kier molecular flexibility index (Phi) is 3.40. The van der Waals surface area contributed by atoms with E-state index in [1.807, 2.05) is 23.0 Å². The number of nitrogens with one attached hydrogen (secondary N) is 1. The molecule has 0 aliphatic carbocycles. The molecule has 84 valence electrons. The summed E-state index contributed by atoms with van der Waals surface area (Å²) in [6.45, 7) is 1.52. The highest BCUT2D eigenvalue weighted by Gasteiger charge is 2.00. The van der Waals surface area contributed by atoms with Gasteiger partial charge in [-0.1, -0.05) is 0 Å². The number of hydrogen-bond donors (Lipinski definition) is 2. The van der Waals surface area contributed by atoms with Crippen LogP contribution >= 0.6 is 15.9 Å². The predicted octanol–water partition coefficient (Wildman–Crippen LogP) is 1.73. The molecule has 0 saturated heterocycles. The molecule has 0 amide bonds. The van der Waals surface area contributed by atoms with E-state index in [9.17, 15) is 0 Å². The van der Waals surface area contributed by atoms with Crippen LogP contribution in [0.5, 0.6) is 0 Å².